The summed E-state index contributed by atoms with van der Waals surface area (Å²) in [7, 11) is 0. The van der Waals surface area contributed by atoms with Crippen LogP contribution in [0.2, 0.25) is 0 Å². The molecule has 1 rings (SSSR count). The molecule has 0 spiro atoms. The maximum atomic E-state index is 13.4. The van der Waals surface area contributed by atoms with Crippen molar-refractivity contribution in [2.45, 2.75) is 18.6 Å². The normalized spacial score (nSPS) is 14.2. The summed E-state index contributed by atoms with van der Waals surface area (Å²) in [5.41, 5.74) is 5.72. The molecule has 16 heavy (non-hydrogen) atoms. The van der Waals surface area contributed by atoms with E-state index in [9.17, 15) is 14.6 Å². The van der Waals surface area contributed by atoms with Crippen LogP contribution in [-0.4, -0.2) is 22.9 Å². The van der Waals surface area contributed by atoms with Gasteiger partial charge in [-0.05, 0) is 17.7 Å². The average molecular weight is 224 g/mol. The highest BCUT2D eigenvalue weighted by Gasteiger charge is 2.20. The molecule has 0 fully saturated rings. The van der Waals surface area contributed by atoms with Gasteiger partial charge in [0.15, 0.2) is 0 Å². The Kier molecular flexibility index (Phi) is 4.38. The number of nitrogens with two attached hydrogens (primary N) is 1. The number of aliphatic hydroxyl groups excluding tert-OH is 2. The van der Waals surface area contributed by atoms with E-state index >= 15 is 0 Å². The first-order chi connectivity index (χ1) is 7.60. The number of halogens is 1. The lowest BCUT2D eigenvalue weighted by Crippen LogP contribution is -2.27. The molecule has 1 aromatic rings. The molecule has 0 heterocycles. The predicted molar refractivity (Wildman–Crippen MR) is 55.7 cm³/mol. The van der Waals surface area contributed by atoms with Gasteiger partial charge in [0.05, 0.1) is 18.6 Å². The molecule has 0 saturated heterocycles. The van der Waals surface area contributed by atoms with Crippen LogP contribution in [0.15, 0.2) is 18.2 Å². The Morgan fingerprint density at radius 1 is 1.44 bits per heavy atom. The van der Waals surface area contributed by atoms with E-state index in [2.05, 4.69) is 0 Å². The van der Waals surface area contributed by atoms with Crippen molar-refractivity contribution in [2.24, 2.45) is 5.73 Å². The van der Waals surface area contributed by atoms with Gasteiger partial charge in [0.25, 0.3) is 0 Å². The monoisotopic (exact) mass is 224 g/mol. The molecule has 86 valence electrons. The van der Waals surface area contributed by atoms with Crippen LogP contribution in [0.3, 0.4) is 0 Å². The van der Waals surface area contributed by atoms with Crippen molar-refractivity contribution < 1.29 is 14.6 Å². The van der Waals surface area contributed by atoms with E-state index in [1.165, 1.54) is 12.1 Å². The van der Waals surface area contributed by atoms with Crippen LogP contribution in [0, 0.1) is 17.1 Å². The van der Waals surface area contributed by atoms with E-state index in [1.807, 2.05) is 6.07 Å². The van der Waals surface area contributed by atoms with Crippen LogP contribution in [0.1, 0.15) is 17.2 Å². The summed E-state index contributed by atoms with van der Waals surface area (Å²) >= 11 is 0. The molecule has 0 aliphatic rings. The first-order valence-corrected chi connectivity index (χ1v) is 4.81. The largest absolute Gasteiger partial charge is 0.389 e. The highest BCUT2D eigenvalue weighted by Crippen LogP contribution is 2.21. The lowest BCUT2D eigenvalue weighted by atomic mass is 10.0. The molecule has 0 bridgehead atoms. The van der Waals surface area contributed by atoms with Gasteiger partial charge in [-0.15, -0.1) is 0 Å². The molecule has 2 unspecified atom stereocenters. The highest BCUT2D eigenvalue weighted by atomic mass is 19.1. The third kappa shape index (κ3) is 2.76. The van der Waals surface area contributed by atoms with Gasteiger partial charge in [-0.1, -0.05) is 6.07 Å². The van der Waals surface area contributed by atoms with Crippen molar-refractivity contribution in [1.82, 2.24) is 0 Å². The zero-order chi connectivity index (χ0) is 12.1. The minimum atomic E-state index is -1.37. The molecule has 4 nitrogen and oxygen atoms in total. The second-order valence-electron chi connectivity index (χ2n) is 3.44. The second-order valence-corrected chi connectivity index (χ2v) is 3.44. The van der Waals surface area contributed by atoms with Crippen molar-refractivity contribution in [3.63, 3.8) is 0 Å². The summed E-state index contributed by atoms with van der Waals surface area (Å²) in [6, 6.07) is 5.91. The number of rotatable bonds is 4. The fraction of sp³-hybridized carbons (Fsp3) is 0.364. The summed E-state index contributed by atoms with van der Waals surface area (Å²) < 4.78 is 13.4. The number of hydrogen-bond acceptors (Lipinski definition) is 4. The summed E-state index contributed by atoms with van der Waals surface area (Å²) in [5.74, 6) is -0.623. The van der Waals surface area contributed by atoms with Gasteiger partial charge in [0, 0.05) is 12.1 Å². The molecule has 0 radical (unpaired) electrons. The first kappa shape index (κ1) is 12.6. The maximum absolute atomic E-state index is 13.4. The minimum Gasteiger partial charge on any atom is -0.389 e. The molecule has 0 aliphatic carbocycles. The minimum absolute atomic E-state index is 0.0364. The van der Waals surface area contributed by atoms with E-state index < -0.39 is 18.0 Å². The zero-order valence-electron chi connectivity index (χ0n) is 8.60. The number of benzene rings is 1. The van der Waals surface area contributed by atoms with Crippen molar-refractivity contribution in [3.05, 3.63) is 35.1 Å². The number of nitrogens with zero attached hydrogens (tertiary/aromatic N) is 1. The standard InChI is InChI=1S/C11H13FN2O2/c12-9-2-1-7(3-4-13)5-8(9)11(16)10(15)6-14/h1-2,5,10-11,15-16H,3,6,14H2. The third-order valence-corrected chi connectivity index (χ3v) is 2.27. The molecule has 0 aromatic heterocycles. The molecular formula is C11H13FN2O2. The molecule has 5 heteroatoms. The van der Waals surface area contributed by atoms with E-state index in [0.29, 0.717) is 5.56 Å². The van der Waals surface area contributed by atoms with Crippen LogP contribution >= 0.6 is 0 Å². The highest BCUT2D eigenvalue weighted by molar-refractivity contribution is 5.29. The van der Waals surface area contributed by atoms with Crippen LogP contribution in [0.4, 0.5) is 4.39 Å². The maximum Gasteiger partial charge on any atom is 0.129 e. The Balaban J connectivity index is 3.02. The summed E-state index contributed by atoms with van der Waals surface area (Å²) in [4.78, 5) is 0. The topological polar surface area (TPSA) is 90.3 Å². The van der Waals surface area contributed by atoms with Crippen LogP contribution in [-0.2, 0) is 6.42 Å². The molecule has 0 amide bonds. The van der Waals surface area contributed by atoms with Crippen LogP contribution in [0.5, 0.6) is 0 Å². The van der Waals surface area contributed by atoms with Crippen molar-refractivity contribution in [1.29, 1.82) is 5.26 Å². The van der Waals surface area contributed by atoms with Gasteiger partial charge in [-0.3, -0.25) is 0 Å². The Labute approximate surface area is 92.7 Å². The van der Waals surface area contributed by atoms with Crippen molar-refractivity contribution >= 4 is 0 Å². The average Bonchev–Trinajstić information content (AvgIpc) is 2.30. The van der Waals surface area contributed by atoms with Gasteiger partial charge >= 0.3 is 0 Å². The predicted octanol–water partition coefficient (Wildman–Crippen LogP) is 0.245. The van der Waals surface area contributed by atoms with Gasteiger partial charge in [-0.2, -0.15) is 5.26 Å². The number of nitriles is 1. The van der Waals surface area contributed by atoms with Crippen LogP contribution in [0.25, 0.3) is 0 Å². The fourth-order valence-electron chi connectivity index (χ4n) is 1.36. The first-order valence-electron chi connectivity index (χ1n) is 4.81. The fourth-order valence-corrected chi connectivity index (χ4v) is 1.36. The van der Waals surface area contributed by atoms with Gasteiger partial charge in [0.1, 0.15) is 11.9 Å². The van der Waals surface area contributed by atoms with E-state index in [-0.39, 0.29) is 18.5 Å². The Morgan fingerprint density at radius 2 is 2.12 bits per heavy atom. The van der Waals surface area contributed by atoms with E-state index in [4.69, 9.17) is 11.0 Å². The summed E-state index contributed by atoms with van der Waals surface area (Å²) in [5, 5.41) is 27.4. The van der Waals surface area contributed by atoms with E-state index in [1.54, 1.807) is 0 Å². The van der Waals surface area contributed by atoms with Crippen molar-refractivity contribution in [2.75, 3.05) is 6.54 Å². The Morgan fingerprint density at radius 3 is 2.69 bits per heavy atom. The van der Waals surface area contributed by atoms with Gasteiger partial charge in [-0.25, -0.2) is 4.39 Å². The van der Waals surface area contributed by atoms with Crippen molar-refractivity contribution in [3.8, 4) is 6.07 Å². The molecule has 1 aromatic carbocycles. The van der Waals surface area contributed by atoms with E-state index in [0.717, 1.165) is 6.07 Å². The third-order valence-electron chi connectivity index (χ3n) is 2.27. The molecule has 4 N–H and O–H groups in total. The van der Waals surface area contributed by atoms with Crippen LogP contribution < -0.4 is 5.73 Å². The quantitative estimate of drug-likeness (QED) is 0.683. The molecular weight excluding hydrogens is 211 g/mol. The Hall–Kier alpha value is -1.48. The Bertz CT molecular complexity index is 403. The smallest absolute Gasteiger partial charge is 0.129 e. The lowest BCUT2D eigenvalue weighted by molar-refractivity contribution is 0.0221. The zero-order valence-corrected chi connectivity index (χ0v) is 8.60. The second kappa shape index (κ2) is 5.56. The SMILES string of the molecule is N#CCc1ccc(F)c(C(O)C(O)CN)c1. The van der Waals surface area contributed by atoms with Gasteiger partial charge < -0.3 is 15.9 Å². The molecule has 2 atom stereocenters. The van der Waals surface area contributed by atoms with Gasteiger partial charge in [0.2, 0.25) is 0 Å². The summed E-state index contributed by atoms with van der Waals surface area (Å²) in [6.07, 6.45) is -2.46. The number of aliphatic hydroxyl groups is 2. The molecule has 0 saturated carbocycles. The molecule has 0 aliphatic heterocycles. The summed E-state index contributed by atoms with van der Waals surface area (Å²) in [6.45, 7) is -0.164. The number of hydrogen-bond donors (Lipinski definition) is 3. The lowest BCUT2D eigenvalue weighted by Gasteiger charge is -2.17.